The number of rotatable bonds is 7. The molecule has 0 aromatic heterocycles. The Labute approximate surface area is 148 Å². The van der Waals surface area contributed by atoms with Crippen molar-refractivity contribution in [1.29, 1.82) is 0 Å². The molecule has 0 saturated heterocycles. The predicted octanol–water partition coefficient (Wildman–Crippen LogP) is 4.89. The third-order valence-corrected chi connectivity index (χ3v) is 4.34. The summed E-state index contributed by atoms with van der Waals surface area (Å²) in [6.45, 7) is 1.11. The molecule has 2 aromatic carbocycles. The van der Waals surface area contributed by atoms with Gasteiger partial charge in [-0.2, -0.15) is 0 Å². The molecule has 2 aromatic rings. The van der Waals surface area contributed by atoms with Crippen LogP contribution in [0.15, 0.2) is 46.9 Å². The second-order valence-electron chi connectivity index (χ2n) is 5.40. The van der Waals surface area contributed by atoms with E-state index >= 15 is 0 Å². The summed E-state index contributed by atoms with van der Waals surface area (Å²) in [6, 6.07) is 12.3. The van der Waals surface area contributed by atoms with Gasteiger partial charge < -0.3 is 9.47 Å². The Morgan fingerprint density at radius 3 is 2.57 bits per heavy atom. The average Bonchev–Trinajstić information content (AvgIpc) is 3.38. The third-order valence-electron chi connectivity index (χ3n) is 3.52. The number of hydrogen-bond donors (Lipinski definition) is 0. The lowest BCUT2D eigenvalue weighted by Crippen LogP contribution is -2.08. The average molecular weight is 396 g/mol. The number of benzene rings is 2. The van der Waals surface area contributed by atoms with Gasteiger partial charge in [-0.1, -0.05) is 27.5 Å². The Balaban J connectivity index is 1.61. The fraction of sp³-hybridized carbons (Fsp3) is 0.278. The van der Waals surface area contributed by atoms with Crippen molar-refractivity contribution in [3.63, 3.8) is 0 Å². The lowest BCUT2D eigenvalue weighted by Gasteiger charge is -2.08. The van der Waals surface area contributed by atoms with Crippen LogP contribution in [0.25, 0.3) is 0 Å². The van der Waals surface area contributed by atoms with Crippen molar-refractivity contribution in [3.8, 4) is 5.75 Å². The Morgan fingerprint density at radius 2 is 1.87 bits per heavy atom. The number of carbonyl (C=O) groups is 1. The Kier molecular flexibility index (Phi) is 5.36. The molecular weight excluding hydrogens is 380 g/mol. The molecule has 0 spiro atoms. The lowest BCUT2D eigenvalue weighted by molar-refractivity contribution is 0.0880. The maximum atomic E-state index is 12.5. The van der Waals surface area contributed by atoms with Crippen LogP contribution in [0.4, 0.5) is 0 Å². The minimum atomic E-state index is -0.111. The minimum absolute atomic E-state index is 0.111. The summed E-state index contributed by atoms with van der Waals surface area (Å²) in [6.07, 6.45) is 2.76. The van der Waals surface area contributed by atoms with E-state index in [-0.39, 0.29) is 5.78 Å². The molecule has 0 amide bonds. The van der Waals surface area contributed by atoms with Crippen molar-refractivity contribution in [2.75, 3.05) is 13.2 Å². The summed E-state index contributed by atoms with van der Waals surface area (Å²) in [4.78, 5) is 12.5. The maximum absolute atomic E-state index is 12.5. The second kappa shape index (κ2) is 7.47. The highest BCUT2D eigenvalue weighted by molar-refractivity contribution is 9.10. The summed E-state index contributed by atoms with van der Waals surface area (Å²) < 4.78 is 11.9. The van der Waals surface area contributed by atoms with E-state index in [9.17, 15) is 4.79 Å². The molecule has 120 valence electrons. The molecule has 1 aliphatic rings. The number of ketones is 1. The standard InChI is InChI=1S/C18H16BrClO3/c19-13-3-8-17(20)16(11-13)18(21)12-1-4-14(5-2-12)22-9-10-23-15-6-7-15/h1-5,8,11,15H,6-7,9-10H2. The molecule has 0 radical (unpaired) electrons. The van der Waals surface area contributed by atoms with Crippen LogP contribution in [0.2, 0.25) is 5.02 Å². The quantitative estimate of drug-likeness (QED) is 0.494. The first-order chi connectivity index (χ1) is 11.1. The second-order valence-corrected chi connectivity index (χ2v) is 6.72. The van der Waals surface area contributed by atoms with Crippen molar-refractivity contribution in [3.05, 3.63) is 63.1 Å². The van der Waals surface area contributed by atoms with Crippen molar-refractivity contribution in [2.24, 2.45) is 0 Å². The van der Waals surface area contributed by atoms with Crippen LogP contribution in [0.3, 0.4) is 0 Å². The van der Waals surface area contributed by atoms with E-state index in [1.165, 1.54) is 0 Å². The highest BCUT2D eigenvalue weighted by Gasteiger charge is 2.21. The van der Waals surface area contributed by atoms with Crippen molar-refractivity contribution in [2.45, 2.75) is 18.9 Å². The molecule has 0 atom stereocenters. The fourth-order valence-corrected chi connectivity index (χ4v) is 2.70. The highest BCUT2D eigenvalue weighted by atomic mass is 79.9. The van der Waals surface area contributed by atoms with E-state index in [2.05, 4.69) is 15.9 Å². The summed E-state index contributed by atoms with van der Waals surface area (Å²) in [5, 5.41) is 0.441. The zero-order valence-electron chi connectivity index (χ0n) is 12.4. The zero-order valence-corrected chi connectivity index (χ0v) is 14.8. The first-order valence-corrected chi connectivity index (χ1v) is 8.65. The molecule has 0 N–H and O–H groups in total. The largest absolute Gasteiger partial charge is 0.491 e. The van der Waals surface area contributed by atoms with Crippen LogP contribution in [-0.4, -0.2) is 25.1 Å². The fourth-order valence-electron chi connectivity index (χ4n) is 2.14. The summed E-state index contributed by atoms with van der Waals surface area (Å²) in [5.74, 6) is 0.612. The number of carbonyl (C=O) groups excluding carboxylic acids is 1. The number of ether oxygens (including phenoxy) is 2. The molecule has 0 heterocycles. The molecule has 0 bridgehead atoms. The summed E-state index contributed by atoms with van der Waals surface area (Å²) in [7, 11) is 0. The molecule has 1 fully saturated rings. The van der Waals surface area contributed by atoms with Crippen LogP contribution in [0.1, 0.15) is 28.8 Å². The summed E-state index contributed by atoms with van der Waals surface area (Å²) in [5.41, 5.74) is 1.05. The van der Waals surface area contributed by atoms with Gasteiger partial charge >= 0.3 is 0 Å². The molecule has 23 heavy (non-hydrogen) atoms. The Hall–Kier alpha value is -1.36. The molecule has 0 aliphatic heterocycles. The highest BCUT2D eigenvalue weighted by Crippen LogP contribution is 2.25. The van der Waals surface area contributed by atoms with Crippen LogP contribution in [0, 0.1) is 0 Å². The molecular formula is C18H16BrClO3. The van der Waals surface area contributed by atoms with Crippen LogP contribution < -0.4 is 4.74 Å². The normalized spacial score (nSPS) is 13.8. The van der Waals surface area contributed by atoms with Gasteiger partial charge in [0.1, 0.15) is 12.4 Å². The van der Waals surface area contributed by atoms with Gasteiger partial charge in [-0.15, -0.1) is 0 Å². The topological polar surface area (TPSA) is 35.5 Å². The van der Waals surface area contributed by atoms with Crippen molar-refractivity contribution < 1.29 is 14.3 Å². The van der Waals surface area contributed by atoms with Gasteiger partial charge in [0.05, 0.1) is 17.7 Å². The van der Waals surface area contributed by atoms with E-state index in [1.807, 2.05) is 0 Å². The van der Waals surface area contributed by atoms with Gasteiger partial charge in [-0.05, 0) is 55.3 Å². The minimum Gasteiger partial charge on any atom is -0.491 e. The number of halogens is 2. The van der Waals surface area contributed by atoms with Crippen LogP contribution in [0.5, 0.6) is 5.75 Å². The first-order valence-electron chi connectivity index (χ1n) is 7.48. The van der Waals surface area contributed by atoms with E-state index < -0.39 is 0 Å². The van der Waals surface area contributed by atoms with Crippen LogP contribution >= 0.6 is 27.5 Å². The SMILES string of the molecule is O=C(c1ccc(OCCOC2CC2)cc1)c1cc(Br)ccc1Cl. The molecule has 1 saturated carbocycles. The first kappa shape index (κ1) is 16.5. The van der Waals surface area contributed by atoms with Gasteiger partial charge in [-0.25, -0.2) is 0 Å². The van der Waals surface area contributed by atoms with Gasteiger partial charge in [-0.3, -0.25) is 4.79 Å². The van der Waals surface area contributed by atoms with Gasteiger partial charge in [0.15, 0.2) is 5.78 Å². The van der Waals surface area contributed by atoms with Gasteiger partial charge in [0.2, 0.25) is 0 Å². The Bertz CT molecular complexity index is 696. The van der Waals surface area contributed by atoms with E-state index in [0.717, 1.165) is 23.1 Å². The van der Waals surface area contributed by atoms with E-state index in [1.54, 1.807) is 42.5 Å². The molecule has 3 rings (SSSR count). The smallest absolute Gasteiger partial charge is 0.194 e. The lowest BCUT2D eigenvalue weighted by atomic mass is 10.0. The third kappa shape index (κ3) is 4.56. The zero-order chi connectivity index (χ0) is 16.2. The molecule has 5 heteroatoms. The predicted molar refractivity (Wildman–Crippen MR) is 93.5 cm³/mol. The van der Waals surface area contributed by atoms with Crippen molar-refractivity contribution in [1.82, 2.24) is 0 Å². The van der Waals surface area contributed by atoms with E-state index in [4.69, 9.17) is 21.1 Å². The van der Waals surface area contributed by atoms with Crippen molar-refractivity contribution >= 4 is 33.3 Å². The summed E-state index contributed by atoms with van der Waals surface area (Å²) >= 11 is 9.46. The number of hydrogen-bond acceptors (Lipinski definition) is 3. The van der Waals surface area contributed by atoms with Gasteiger partial charge in [0.25, 0.3) is 0 Å². The van der Waals surface area contributed by atoms with E-state index in [0.29, 0.717) is 35.5 Å². The monoisotopic (exact) mass is 394 g/mol. The van der Waals surface area contributed by atoms with Crippen LogP contribution in [-0.2, 0) is 4.74 Å². The molecule has 0 unspecified atom stereocenters. The molecule has 1 aliphatic carbocycles. The maximum Gasteiger partial charge on any atom is 0.194 e. The van der Waals surface area contributed by atoms with Gasteiger partial charge in [0, 0.05) is 15.6 Å². The Morgan fingerprint density at radius 1 is 1.13 bits per heavy atom. The molecule has 3 nitrogen and oxygen atoms in total.